The molecule has 0 aromatic carbocycles. The molecule has 1 aromatic heterocycles. The van der Waals surface area contributed by atoms with Crippen molar-refractivity contribution in [3.63, 3.8) is 0 Å². The lowest BCUT2D eigenvalue weighted by molar-refractivity contribution is 0.0871. The Hall–Kier alpha value is -0.613. The van der Waals surface area contributed by atoms with Crippen molar-refractivity contribution in [2.24, 2.45) is 0 Å². The van der Waals surface area contributed by atoms with Gasteiger partial charge in [-0.25, -0.2) is 4.98 Å². The highest BCUT2D eigenvalue weighted by atomic mass is 28.3. The van der Waals surface area contributed by atoms with Crippen LogP contribution in [0.25, 0.3) is 0 Å². The first-order valence-electron chi connectivity index (χ1n) is 5.59. The van der Waals surface area contributed by atoms with Crippen LogP contribution in [0.5, 0.6) is 0 Å². The average Bonchev–Trinajstić information content (AvgIpc) is 2.59. The summed E-state index contributed by atoms with van der Waals surface area (Å²) in [6.07, 6.45) is 4.88. The van der Waals surface area contributed by atoms with Crippen molar-refractivity contribution in [2.75, 3.05) is 6.61 Å². The monoisotopic (exact) mass is 226 g/mol. The molecular weight excluding hydrogens is 204 g/mol. The van der Waals surface area contributed by atoms with E-state index in [-0.39, 0.29) is 0 Å². The van der Waals surface area contributed by atoms with E-state index in [1.54, 1.807) is 0 Å². The lowest BCUT2D eigenvalue weighted by Gasteiger charge is -2.15. The van der Waals surface area contributed by atoms with Crippen LogP contribution in [-0.2, 0) is 17.9 Å². The van der Waals surface area contributed by atoms with Gasteiger partial charge in [0.05, 0.1) is 12.0 Å². The number of hydrogen-bond acceptors (Lipinski definition) is 2. The van der Waals surface area contributed by atoms with E-state index in [9.17, 15) is 0 Å². The van der Waals surface area contributed by atoms with Crippen molar-refractivity contribution in [1.29, 1.82) is 0 Å². The van der Waals surface area contributed by atoms with Crippen LogP contribution in [0.15, 0.2) is 12.5 Å². The quantitative estimate of drug-likeness (QED) is 0.551. The molecule has 0 aliphatic rings. The Morgan fingerprint density at radius 3 is 2.67 bits per heavy atom. The maximum absolute atomic E-state index is 5.61. The van der Waals surface area contributed by atoms with E-state index in [4.69, 9.17) is 4.74 Å². The van der Waals surface area contributed by atoms with E-state index in [0.717, 1.165) is 18.7 Å². The highest BCUT2D eigenvalue weighted by Crippen LogP contribution is 2.07. The Bertz CT molecular complexity index is 291. The van der Waals surface area contributed by atoms with Crippen molar-refractivity contribution in [3.8, 4) is 0 Å². The number of imidazole rings is 1. The molecule has 3 nitrogen and oxygen atoms in total. The van der Waals surface area contributed by atoms with Crippen molar-refractivity contribution in [2.45, 2.75) is 45.8 Å². The molecule has 0 aliphatic carbocycles. The molecule has 0 atom stereocenters. The molecule has 0 radical (unpaired) electrons. The van der Waals surface area contributed by atoms with Gasteiger partial charge >= 0.3 is 0 Å². The Morgan fingerprint density at radius 1 is 1.40 bits per heavy atom. The predicted molar refractivity (Wildman–Crippen MR) is 65.7 cm³/mol. The molecule has 0 amide bonds. The van der Waals surface area contributed by atoms with Gasteiger partial charge in [-0.2, -0.15) is 0 Å². The molecule has 4 heteroatoms. The highest BCUT2D eigenvalue weighted by Gasteiger charge is 2.11. The van der Waals surface area contributed by atoms with Crippen molar-refractivity contribution >= 4 is 8.07 Å². The fourth-order valence-electron chi connectivity index (χ4n) is 1.21. The van der Waals surface area contributed by atoms with Crippen LogP contribution in [0.2, 0.25) is 25.7 Å². The Morgan fingerprint density at radius 2 is 2.13 bits per heavy atom. The largest absolute Gasteiger partial charge is 0.361 e. The molecule has 0 fully saturated rings. The van der Waals surface area contributed by atoms with E-state index >= 15 is 0 Å². The SMILES string of the molecule is CCc1cn(COCC[Si](C)(C)C)cn1. The molecule has 0 N–H and O–H groups in total. The number of ether oxygens (including phenoxy) is 1. The minimum atomic E-state index is -0.947. The summed E-state index contributed by atoms with van der Waals surface area (Å²) in [6.45, 7) is 10.7. The second kappa shape index (κ2) is 5.46. The number of rotatable bonds is 6. The van der Waals surface area contributed by atoms with E-state index < -0.39 is 8.07 Å². The summed E-state index contributed by atoms with van der Waals surface area (Å²) in [4.78, 5) is 4.25. The molecule has 1 rings (SSSR count). The number of nitrogens with zero attached hydrogens (tertiary/aromatic N) is 2. The lowest BCUT2D eigenvalue weighted by atomic mass is 10.4. The summed E-state index contributed by atoms with van der Waals surface area (Å²) in [5.41, 5.74) is 1.13. The molecule has 86 valence electrons. The van der Waals surface area contributed by atoms with Gasteiger partial charge in [0.1, 0.15) is 6.73 Å². The van der Waals surface area contributed by atoms with Gasteiger partial charge in [0, 0.05) is 20.9 Å². The van der Waals surface area contributed by atoms with Gasteiger partial charge in [-0.05, 0) is 12.5 Å². The first-order chi connectivity index (χ1) is 7.01. The molecule has 1 heterocycles. The third-order valence-electron chi connectivity index (χ3n) is 2.29. The van der Waals surface area contributed by atoms with Gasteiger partial charge in [-0.3, -0.25) is 0 Å². The van der Waals surface area contributed by atoms with Crippen LogP contribution in [0.1, 0.15) is 12.6 Å². The molecule has 0 saturated carbocycles. The van der Waals surface area contributed by atoms with E-state index in [1.165, 1.54) is 6.04 Å². The first-order valence-corrected chi connectivity index (χ1v) is 9.30. The van der Waals surface area contributed by atoms with Gasteiger partial charge < -0.3 is 9.30 Å². The van der Waals surface area contributed by atoms with Crippen LogP contribution >= 0.6 is 0 Å². The zero-order chi connectivity index (χ0) is 11.3. The fourth-order valence-corrected chi connectivity index (χ4v) is 1.96. The third kappa shape index (κ3) is 5.13. The summed E-state index contributed by atoms with van der Waals surface area (Å²) in [5.74, 6) is 0. The van der Waals surface area contributed by atoms with Gasteiger partial charge in [-0.1, -0.05) is 26.6 Å². The lowest BCUT2D eigenvalue weighted by Crippen LogP contribution is -2.21. The molecule has 0 saturated heterocycles. The minimum absolute atomic E-state index is 0.636. The Kier molecular flexibility index (Phi) is 4.54. The third-order valence-corrected chi connectivity index (χ3v) is 3.99. The number of hydrogen-bond donors (Lipinski definition) is 0. The molecule has 0 unspecified atom stereocenters. The fraction of sp³-hybridized carbons (Fsp3) is 0.727. The minimum Gasteiger partial charge on any atom is -0.361 e. The summed E-state index contributed by atoms with van der Waals surface area (Å²) in [6, 6.07) is 1.22. The van der Waals surface area contributed by atoms with Gasteiger partial charge in [0.2, 0.25) is 0 Å². The highest BCUT2D eigenvalue weighted by molar-refractivity contribution is 6.76. The van der Waals surface area contributed by atoms with E-state index in [1.807, 2.05) is 10.9 Å². The molecule has 1 aromatic rings. The Balaban J connectivity index is 2.20. The van der Waals surface area contributed by atoms with Crippen LogP contribution in [0, 0.1) is 0 Å². The van der Waals surface area contributed by atoms with Gasteiger partial charge in [0.25, 0.3) is 0 Å². The van der Waals surface area contributed by atoms with Crippen molar-refractivity contribution in [3.05, 3.63) is 18.2 Å². The summed E-state index contributed by atoms with van der Waals surface area (Å²) < 4.78 is 7.61. The first kappa shape index (κ1) is 12.5. The second-order valence-corrected chi connectivity index (χ2v) is 10.7. The maximum atomic E-state index is 5.61. The Labute approximate surface area is 93.5 Å². The summed E-state index contributed by atoms with van der Waals surface area (Å²) >= 11 is 0. The zero-order valence-corrected chi connectivity index (χ0v) is 11.3. The molecule has 0 aliphatic heterocycles. The zero-order valence-electron chi connectivity index (χ0n) is 10.3. The van der Waals surface area contributed by atoms with E-state index in [0.29, 0.717) is 6.73 Å². The number of aryl methyl sites for hydroxylation is 1. The normalized spacial score (nSPS) is 12.0. The standard InChI is InChI=1S/C11H22N2OSi/c1-5-11-8-13(9-12-11)10-14-6-7-15(2,3)4/h8-9H,5-7,10H2,1-4H3. The van der Waals surface area contributed by atoms with E-state index in [2.05, 4.69) is 37.7 Å². The van der Waals surface area contributed by atoms with Gasteiger partial charge in [-0.15, -0.1) is 0 Å². The van der Waals surface area contributed by atoms with Crippen LogP contribution < -0.4 is 0 Å². The molecule has 0 bridgehead atoms. The van der Waals surface area contributed by atoms with Crippen LogP contribution in [0.3, 0.4) is 0 Å². The van der Waals surface area contributed by atoms with Gasteiger partial charge in [0.15, 0.2) is 0 Å². The smallest absolute Gasteiger partial charge is 0.123 e. The van der Waals surface area contributed by atoms with Crippen LogP contribution in [0.4, 0.5) is 0 Å². The summed E-state index contributed by atoms with van der Waals surface area (Å²) in [5, 5.41) is 0. The summed E-state index contributed by atoms with van der Waals surface area (Å²) in [7, 11) is -0.947. The number of aromatic nitrogens is 2. The average molecular weight is 226 g/mol. The molecule has 0 spiro atoms. The second-order valence-electron chi connectivity index (χ2n) is 5.08. The van der Waals surface area contributed by atoms with Crippen LogP contribution in [-0.4, -0.2) is 24.2 Å². The van der Waals surface area contributed by atoms with Crippen molar-refractivity contribution < 1.29 is 4.74 Å². The van der Waals surface area contributed by atoms with Crippen molar-refractivity contribution in [1.82, 2.24) is 9.55 Å². The molecule has 15 heavy (non-hydrogen) atoms. The topological polar surface area (TPSA) is 27.1 Å². The predicted octanol–water partition coefficient (Wildman–Crippen LogP) is 2.76. The molecular formula is C11H22N2OSi. The maximum Gasteiger partial charge on any atom is 0.123 e.